The standard InChI is InChI=1S/C17H28N2O/c1-11(2)14-8-7-12(3)10-16(14)20-17-15(13(4)18)6-5-9-19-17/h5-6,9,11-14,16H,7-8,10,18H2,1-4H3. The summed E-state index contributed by atoms with van der Waals surface area (Å²) in [5.41, 5.74) is 7.03. The summed E-state index contributed by atoms with van der Waals surface area (Å²) in [6.07, 6.45) is 5.75. The normalized spacial score (nSPS) is 28.4. The Morgan fingerprint density at radius 2 is 2.05 bits per heavy atom. The summed E-state index contributed by atoms with van der Waals surface area (Å²) in [5.74, 6) is 2.73. The maximum Gasteiger partial charge on any atom is 0.218 e. The smallest absolute Gasteiger partial charge is 0.218 e. The summed E-state index contributed by atoms with van der Waals surface area (Å²) in [4.78, 5) is 4.41. The molecule has 2 N–H and O–H groups in total. The molecule has 1 heterocycles. The minimum atomic E-state index is -0.0442. The van der Waals surface area contributed by atoms with Gasteiger partial charge in [-0.05, 0) is 43.6 Å². The minimum Gasteiger partial charge on any atom is -0.474 e. The number of pyridine rings is 1. The van der Waals surface area contributed by atoms with E-state index in [4.69, 9.17) is 10.5 Å². The second-order valence-corrected chi connectivity index (χ2v) is 6.67. The maximum absolute atomic E-state index is 6.30. The van der Waals surface area contributed by atoms with Gasteiger partial charge in [-0.15, -0.1) is 0 Å². The summed E-state index contributed by atoms with van der Waals surface area (Å²) >= 11 is 0. The third kappa shape index (κ3) is 3.51. The van der Waals surface area contributed by atoms with Crippen molar-refractivity contribution in [1.29, 1.82) is 0 Å². The number of rotatable bonds is 4. The van der Waals surface area contributed by atoms with Crippen molar-refractivity contribution in [3.63, 3.8) is 0 Å². The molecule has 1 aliphatic carbocycles. The molecule has 0 bridgehead atoms. The lowest BCUT2D eigenvalue weighted by molar-refractivity contribution is 0.0416. The first kappa shape index (κ1) is 15.3. The Morgan fingerprint density at radius 1 is 1.30 bits per heavy atom. The molecule has 1 fully saturated rings. The molecule has 1 aromatic rings. The number of ether oxygens (including phenoxy) is 1. The van der Waals surface area contributed by atoms with E-state index in [0.29, 0.717) is 11.8 Å². The lowest BCUT2D eigenvalue weighted by Gasteiger charge is -2.37. The van der Waals surface area contributed by atoms with E-state index in [1.165, 1.54) is 12.8 Å². The molecular formula is C17H28N2O. The molecule has 4 unspecified atom stereocenters. The molecule has 0 aromatic carbocycles. The van der Waals surface area contributed by atoms with Crippen molar-refractivity contribution in [3.8, 4) is 5.88 Å². The second kappa shape index (κ2) is 6.57. The summed E-state index contributed by atoms with van der Waals surface area (Å²) < 4.78 is 6.30. The van der Waals surface area contributed by atoms with Crippen LogP contribution in [0.1, 0.15) is 58.6 Å². The fourth-order valence-corrected chi connectivity index (χ4v) is 3.24. The highest BCUT2D eigenvalue weighted by atomic mass is 16.5. The Kier molecular flexibility index (Phi) is 5.03. The van der Waals surface area contributed by atoms with Crippen LogP contribution in [0, 0.1) is 17.8 Å². The Bertz CT molecular complexity index is 431. The number of nitrogens with two attached hydrogens (primary N) is 1. The van der Waals surface area contributed by atoms with Gasteiger partial charge >= 0.3 is 0 Å². The van der Waals surface area contributed by atoms with Gasteiger partial charge in [0.15, 0.2) is 0 Å². The first-order valence-electron chi connectivity index (χ1n) is 7.86. The molecule has 1 aromatic heterocycles. The van der Waals surface area contributed by atoms with E-state index < -0.39 is 0 Å². The zero-order chi connectivity index (χ0) is 14.7. The van der Waals surface area contributed by atoms with Crippen LogP contribution in [0.3, 0.4) is 0 Å². The van der Waals surface area contributed by atoms with Crippen molar-refractivity contribution >= 4 is 0 Å². The highest BCUT2D eigenvalue weighted by molar-refractivity contribution is 5.28. The van der Waals surface area contributed by atoms with Gasteiger partial charge in [0, 0.05) is 17.8 Å². The molecule has 4 atom stereocenters. The van der Waals surface area contributed by atoms with Gasteiger partial charge in [-0.3, -0.25) is 0 Å². The van der Waals surface area contributed by atoms with Gasteiger partial charge in [-0.25, -0.2) is 4.98 Å². The van der Waals surface area contributed by atoms with E-state index in [0.717, 1.165) is 23.8 Å². The molecule has 0 radical (unpaired) electrons. The van der Waals surface area contributed by atoms with Crippen molar-refractivity contribution in [1.82, 2.24) is 4.98 Å². The van der Waals surface area contributed by atoms with Crippen LogP contribution in [0.25, 0.3) is 0 Å². The number of hydrogen-bond donors (Lipinski definition) is 1. The van der Waals surface area contributed by atoms with E-state index in [1.807, 2.05) is 19.1 Å². The second-order valence-electron chi connectivity index (χ2n) is 6.67. The van der Waals surface area contributed by atoms with Crippen LogP contribution in [0.2, 0.25) is 0 Å². The summed E-state index contributed by atoms with van der Waals surface area (Å²) in [5, 5.41) is 0. The lowest BCUT2D eigenvalue weighted by Crippen LogP contribution is -2.37. The van der Waals surface area contributed by atoms with E-state index in [1.54, 1.807) is 6.20 Å². The van der Waals surface area contributed by atoms with Crippen molar-refractivity contribution in [2.24, 2.45) is 23.5 Å². The van der Waals surface area contributed by atoms with Gasteiger partial charge in [0.05, 0.1) is 0 Å². The number of hydrogen-bond acceptors (Lipinski definition) is 3. The van der Waals surface area contributed by atoms with Crippen LogP contribution < -0.4 is 10.5 Å². The number of aromatic nitrogens is 1. The highest BCUT2D eigenvalue weighted by Crippen LogP contribution is 2.36. The van der Waals surface area contributed by atoms with E-state index in [9.17, 15) is 0 Å². The Labute approximate surface area is 122 Å². The minimum absolute atomic E-state index is 0.0442. The largest absolute Gasteiger partial charge is 0.474 e. The van der Waals surface area contributed by atoms with Crippen molar-refractivity contribution in [2.45, 2.75) is 59.1 Å². The van der Waals surface area contributed by atoms with Gasteiger partial charge in [-0.2, -0.15) is 0 Å². The first-order valence-corrected chi connectivity index (χ1v) is 7.86. The van der Waals surface area contributed by atoms with Crippen LogP contribution in [0.15, 0.2) is 18.3 Å². The van der Waals surface area contributed by atoms with Gasteiger partial charge in [0.1, 0.15) is 6.10 Å². The van der Waals surface area contributed by atoms with Crippen LogP contribution in [0.4, 0.5) is 0 Å². The molecule has 3 nitrogen and oxygen atoms in total. The first-order chi connectivity index (χ1) is 9.49. The molecule has 112 valence electrons. The van der Waals surface area contributed by atoms with Crippen molar-refractivity contribution in [3.05, 3.63) is 23.9 Å². The molecule has 20 heavy (non-hydrogen) atoms. The molecule has 1 saturated carbocycles. The molecule has 0 spiro atoms. The average Bonchev–Trinajstić information content (AvgIpc) is 2.38. The average molecular weight is 276 g/mol. The maximum atomic E-state index is 6.30. The predicted octanol–water partition coefficient (Wildman–Crippen LogP) is 3.94. The molecule has 1 aliphatic rings. The molecule has 0 amide bonds. The third-order valence-corrected chi connectivity index (χ3v) is 4.52. The topological polar surface area (TPSA) is 48.1 Å². The highest BCUT2D eigenvalue weighted by Gasteiger charge is 2.33. The molecular weight excluding hydrogens is 248 g/mol. The Morgan fingerprint density at radius 3 is 2.70 bits per heavy atom. The summed E-state index contributed by atoms with van der Waals surface area (Å²) in [6.45, 7) is 8.88. The fourth-order valence-electron chi connectivity index (χ4n) is 3.24. The van der Waals surface area contributed by atoms with Gasteiger partial charge in [-0.1, -0.05) is 33.3 Å². The van der Waals surface area contributed by atoms with Crippen LogP contribution >= 0.6 is 0 Å². The van der Waals surface area contributed by atoms with Crippen LogP contribution in [0.5, 0.6) is 5.88 Å². The van der Waals surface area contributed by atoms with Gasteiger partial charge in [0.25, 0.3) is 0 Å². The van der Waals surface area contributed by atoms with Crippen molar-refractivity contribution < 1.29 is 4.74 Å². The van der Waals surface area contributed by atoms with Gasteiger partial charge < -0.3 is 10.5 Å². The van der Waals surface area contributed by atoms with E-state index >= 15 is 0 Å². The third-order valence-electron chi connectivity index (χ3n) is 4.52. The van der Waals surface area contributed by atoms with Crippen LogP contribution in [-0.4, -0.2) is 11.1 Å². The summed E-state index contributed by atoms with van der Waals surface area (Å²) in [6, 6.07) is 3.90. The Hall–Kier alpha value is -1.09. The molecule has 3 heteroatoms. The Balaban J connectivity index is 2.18. The summed E-state index contributed by atoms with van der Waals surface area (Å²) in [7, 11) is 0. The zero-order valence-corrected chi connectivity index (χ0v) is 13.2. The molecule has 2 rings (SSSR count). The monoisotopic (exact) mass is 276 g/mol. The number of nitrogens with zero attached hydrogens (tertiary/aromatic N) is 1. The zero-order valence-electron chi connectivity index (χ0n) is 13.2. The lowest BCUT2D eigenvalue weighted by atomic mass is 9.75. The fraction of sp³-hybridized carbons (Fsp3) is 0.706. The molecule has 0 aliphatic heterocycles. The SMILES string of the molecule is CC1CCC(C(C)C)C(Oc2ncccc2C(C)N)C1. The quantitative estimate of drug-likeness (QED) is 0.906. The van der Waals surface area contributed by atoms with E-state index in [-0.39, 0.29) is 12.1 Å². The molecule has 0 saturated heterocycles. The van der Waals surface area contributed by atoms with Crippen LogP contribution in [-0.2, 0) is 0 Å². The van der Waals surface area contributed by atoms with Gasteiger partial charge in [0.2, 0.25) is 5.88 Å². The van der Waals surface area contributed by atoms with E-state index in [2.05, 4.69) is 25.8 Å². The van der Waals surface area contributed by atoms with Crippen molar-refractivity contribution in [2.75, 3.05) is 0 Å². The predicted molar refractivity (Wildman–Crippen MR) is 82.6 cm³/mol.